The molecule has 3 amide bonds. The average molecular weight is 439 g/mol. The van der Waals surface area contributed by atoms with Gasteiger partial charge >= 0.3 is 6.03 Å². The lowest BCUT2D eigenvalue weighted by Gasteiger charge is -2.27. The van der Waals surface area contributed by atoms with Crippen LogP contribution in [0.5, 0.6) is 11.5 Å². The summed E-state index contributed by atoms with van der Waals surface area (Å²) in [6, 6.07) is 12.3. The number of fused-ring (bicyclic) bond motifs is 1. The molecule has 0 bridgehead atoms. The van der Waals surface area contributed by atoms with E-state index in [0.29, 0.717) is 29.1 Å². The molecule has 1 aliphatic rings. The number of anilines is 1. The minimum atomic E-state index is -0.518. The van der Waals surface area contributed by atoms with E-state index in [1.165, 1.54) is 0 Å². The largest absolute Gasteiger partial charge is 0.497 e. The van der Waals surface area contributed by atoms with Gasteiger partial charge in [-0.1, -0.05) is 6.08 Å². The molecular weight excluding hydrogens is 408 g/mol. The van der Waals surface area contributed by atoms with E-state index in [-0.39, 0.29) is 18.5 Å². The fraction of sp³-hybridized carbons (Fsp3) is 0.375. The van der Waals surface area contributed by atoms with Gasteiger partial charge in [0.15, 0.2) is 0 Å². The molecule has 8 heteroatoms. The van der Waals surface area contributed by atoms with E-state index < -0.39 is 5.92 Å². The number of ether oxygens (including phenoxy) is 2. The van der Waals surface area contributed by atoms with E-state index >= 15 is 0 Å². The third kappa shape index (κ3) is 6.07. The van der Waals surface area contributed by atoms with Crippen molar-refractivity contribution in [2.45, 2.75) is 6.42 Å². The Morgan fingerprint density at radius 3 is 2.38 bits per heavy atom. The van der Waals surface area contributed by atoms with Gasteiger partial charge < -0.3 is 24.6 Å². The third-order valence-corrected chi connectivity index (χ3v) is 5.24. The quantitative estimate of drug-likeness (QED) is 0.645. The summed E-state index contributed by atoms with van der Waals surface area (Å²) in [4.78, 5) is 33.7. The lowest BCUT2D eigenvalue weighted by molar-refractivity contribution is -0.120. The second-order valence-corrected chi connectivity index (χ2v) is 7.91. The highest BCUT2D eigenvalue weighted by Gasteiger charge is 2.24. The number of carbonyl (C=O) groups excluding carboxylic acids is 2. The molecule has 0 fully saturated rings. The molecule has 170 valence electrons. The van der Waals surface area contributed by atoms with Crippen molar-refractivity contribution in [3.05, 3.63) is 53.0 Å². The van der Waals surface area contributed by atoms with Gasteiger partial charge in [-0.2, -0.15) is 0 Å². The van der Waals surface area contributed by atoms with Gasteiger partial charge in [0, 0.05) is 24.0 Å². The Labute approximate surface area is 188 Å². The van der Waals surface area contributed by atoms with E-state index in [4.69, 9.17) is 9.47 Å². The highest BCUT2D eigenvalue weighted by molar-refractivity contribution is 5.91. The molecule has 1 N–H and O–H groups in total. The molecule has 0 saturated carbocycles. The van der Waals surface area contributed by atoms with Crippen molar-refractivity contribution in [2.75, 3.05) is 53.3 Å². The van der Waals surface area contributed by atoms with E-state index in [2.05, 4.69) is 15.2 Å². The molecule has 32 heavy (non-hydrogen) atoms. The van der Waals surface area contributed by atoms with Gasteiger partial charge in [-0.25, -0.2) is 9.79 Å². The van der Waals surface area contributed by atoms with E-state index in [0.717, 1.165) is 18.2 Å². The van der Waals surface area contributed by atoms with Crippen LogP contribution < -0.4 is 25.4 Å². The van der Waals surface area contributed by atoms with Crippen molar-refractivity contribution in [3.8, 4) is 11.5 Å². The highest BCUT2D eigenvalue weighted by Crippen LogP contribution is 2.17. The molecule has 0 aliphatic carbocycles. The number of urea groups is 1. The number of nitrogens with zero attached hydrogens (tertiary/aromatic N) is 3. The van der Waals surface area contributed by atoms with Crippen molar-refractivity contribution >= 4 is 23.7 Å². The summed E-state index contributed by atoms with van der Waals surface area (Å²) in [5.74, 6) is 0.639. The molecule has 0 spiro atoms. The first kappa shape index (κ1) is 23.3. The molecular formula is C24H30N4O4. The summed E-state index contributed by atoms with van der Waals surface area (Å²) in [6.07, 6.45) is 2.65. The lowest BCUT2D eigenvalue weighted by Crippen LogP contribution is -2.43. The summed E-state index contributed by atoms with van der Waals surface area (Å²) in [7, 11) is 7.17. The monoisotopic (exact) mass is 438 g/mol. The zero-order valence-electron chi connectivity index (χ0n) is 19.0. The maximum atomic E-state index is 13.1. The van der Waals surface area contributed by atoms with Crippen LogP contribution in [0.15, 0.2) is 47.5 Å². The standard InChI is InChI=1S/C24H30N4O4/c1-27(2)12-5-13-28(24(30)25-19-6-8-20(31-3)9-7-19)16-18-14-17-15-21(32-4)10-11-22(17)26-23(18)29/h6-11,14-15,18H,5,12-13,16H2,1-4H3,(H,25,30). The number of methoxy groups -OCH3 is 2. The Kier molecular flexibility index (Phi) is 7.83. The second kappa shape index (κ2) is 10.8. The Morgan fingerprint density at radius 2 is 1.72 bits per heavy atom. The zero-order chi connectivity index (χ0) is 23.1. The minimum absolute atomic E-state index is 0.244. The van der Waals surface area contributed by atoms with Crippen LogP contribution in [0, 0.1) is 5.92 Å². The molecule has 3 rings (SSSR count). The van der Waals surface area contributed by atoms with Crippen LogP contribution in [-0.2, 0) is 4.79 Å². The molecule has 1 unspecified atom stereocenters. The normalized spacial score (nSPS) is 14.8. The third-order valence-electron chi connectivity index (χ3n) is 5.24. The summed E-state index contributed by atoms with van der Waals surface area (Å²) < 4.78 is 10.5. The highest BCUT2D eigenvalue weighted by atomic mass is 16.5. The average Bonchev–Trinajstić information content (AvgIpc) is 2.78. The molecule has 0 saturated heterocycles. The van der Waals surface area contributed by atoms with Crippen LogP contribution in [-0.4, -0.2) is 69.7 Å². The van der Waals surface area contributed by atoms with Crippen molar-refractivity contribution in [2.24, 2.45) is 10.9 Å². The number of rotatable bonds is 9. The fourth-order valence-electron chi connectivity index (χ4n) is 3.48. The van der Waals surface area contributed by atoms with Crippen LogP contribution in [0.1, 0.15) is 6.42 Å². The molecule has 1 heterocycles. The summed E-state index contributed by atoms with van der Waals surface area (Å²) >= 11 is 0. The lowest BCUT2D eigenvalue weighted by atomic mass is 10.0. The Hall–Kier alpha value is -3.39. The molecule has 2 aromatic carbocycles. The molecule has 0 aromatic heterocycles. The molecule has 1 aliphatic heterocycles. The number of hydrogen-bond donors (Lipinski definition) is 1. The second-order valence-electron chi connectivity index (χ2n) is 7.91. The first-order chi connectivity index (χ1) is 15.4. The first-order valence-electron chi connectivity index (χ1n) is 10.5. The molecule has 8 nitrogen and oxygen atoms in total. The topological polar surface area (TPSA) is 83.5 Å². The number of hydrogen-bond acceptors (Lipinski definition) is 5. The maximum Gasteiger partial charge on any atom is 0.321 e. The van der Waals surface area contributed by atoms with Gasteiger partial charge in [0.25, 0.3) is 5.91 Å². The van der Waals surface area contributed by atoms with Gasteiger partial charge in [0.1, 0.15) is 11.5 Å². The molecule has 2 aromatic rings. The van der Waals surface area contributed by atoms with Crippen LogP contribution in [0.25, 0.3) is 6.08 Å². The van der Waals surface area contributed by atoms with Gasteiger partial charge in [-0.3, -0.25) is 4.79 Å². The van der Waals surface area contributed by atoms with Gasteiger partial charge in [0.05, 0.1) is 25.5 Å². The molecule has 0 radical (unpaired) electrons. The molecule has 1 atom stereocenters. The van der Waals surface area contributed by atoms with Gasteiger partial charge in [-0.05, 0) is 69.5 Å². The predicted octanol–water partition coefficient (Wildman–Crippen LogP) is 1.75. The Bertz CT molecular complexity index is 1070. The van der Waals surface area contributed by atoms with E-state index in [1.54, 1.807) is 55.5 Å². The number of amides is 3. The summed E-state index contributed by atoms with van der Waals surface area (Å²) in [5, 5.41) is 4.37. The van der Waals surface area contributed by atoms with Crippen LogP contribution in [0.4, 0.5) is 10.5 Å². The SMILES string of the molecule is COc1ccc(NC(=O)N(CCCN(C)C)CC2C=c3cc(OC)ccc3=NC2=O)cc1. The number of benzene rings is 2. The number of carbonyl (C=O) groups is 2. The van der Waals surface area contributed by atoms with Crippen molar-refractivity contribution < 1.29 is 19.1 Å². The minimum Gasteiger partial charge on any atom is -0.497 e. The first-order valence-corrected chi connectivity index (χ1v) is 10.5. The van der Waals surface area contributed by atoms with Crippen molar-refractivity contribution in [1.82, 2.24) is 9.80 Å². The smallest absolute Gasteiger partial charge is 0.321 e. The maximum absolute atomic E-state index is 13.1. The van der Waals surface area contributed by atoms with Crippen LogP contribution in [0.3, 0.4) is 0 Å². The van der Waals surface area contributed by atoms with E-state index in [9.17, 15) is 9.59 Å². The zero-order valence-corrected chi connectivity index (χ0v) is 19.0. The van der Waals surface area contributed by atoms with Crippen LogP contribution >= 0.6 is 0 Å². The number of nitrogens with one attached hydrogen (secondary N) is 1. The Morgan fingerprint density at radius 1 is 1.03 bits per heavy atom. The van der Waals surface area contributed by atoms with E-state index in [1.807, 2.05) is 26.2 Å². The van der Waals surface area contributed by atoms with Crippen molar-refractivity contribution in [1.29, 1.82) is 0 Å². The van der Waals surface area contributed by atoms with Gasteiger partial charge in [-0.15, -0.1) is 0 Å². The summed E-state index contributed by atoms with van der Waals surface area (Å²) in [5.41, 5.74) is 0.659. The predicted molar refractivity (Wildman–Crippen MR) is 123 cm³/mol. The summed E-state index contributed by atoms with van der Waals surface area (Å²) in [6.45, 7) is 1.59. The Balaban J connectivity index is 1.78. The van der Waals surface area contributed by atoms with Gasteiger partial charge in [0.2, 0.25) is 0 Å². The fourth-order valence-corrected chi connectivity index (χ4v) is 3.48. The van der Waals surface area contributed by atoms with Crippen LogP contribution in [0.2, 0.25) is 0 Å². The van der Waals surface area contributed by atoms with Crippen molar-refractivity contribution in [3.63, 3.8) is 0 Å².